The van der Waals surface area contributed by atoms with Crippen LogP contribution in [0.4, 0.5) is 5.82 Å². The number of amides is 2. The number of carbonyl (C=O) groups is 2. The van der Waals surface area contributed by atoms with Crippen LogP contribution in [0.5, 0.6) is 5.75 Å². The molecule has 0 spiro atoms. The van der Waals surface area contributed by atoms with Crippen LogP contribution in [0.1, 0.15) is 26.4 Å². The zero-order valence-electron chi connectivity index (χ0n) is 14.2. The van der Waals surface area contributed by atoms with Gasteiger partial charge < -0.3 is 20.4 Å². The van der Waals surface area contributed by atoms with Gasteiger partial charge in [-0.1, -0.05) is 42.5 Å². The summed E-state index contributed by atoms with van der Waals surface area (Å²) in [4.78, 5) is 28.6. The number of rotatable bonds is 6. The fraction of sp³-hybridized carbons (Fsp3) is 0.105. The minimum atomic E-state index is -0.672. The van der Waals surface area contributed by atoms with Gasteiger partial charge in [0.1, 0.15) is 5.75 Å². The van der Waals surface area contributed by atoms with E-state index in [1.807, 2.05) is 30.3 Å². The van der Waals surface area contributed by atoms with Crippen LogP contribution < -0.4 is 15.8 Å². The Morgan fingerprint density at radius 2 is 1.81 bits per heavy atom. The number of aromatic nitrogens is 2. The number of ether oxygens (including phenoxy) is 1. The van der Waals surface area contributed by atoms with Crippen LogP contribution in [0.25, 0.3) is 0 Å². The number of nitrogens with one attached hydrogen (secondary N) is 1. The summed E-state index contributed by atoms with van der Waals surface area (Å²) in [6, 6.07) is 16.4. The van der Waals surface area contributed by atoms with Gasteiger partial charge >= 0.3 is 0 Å². The molecule has 0 bridgehead atoms. The normalized spacial score (nSPS) is 10.3. The minimum absolute atomic E-state index is 0.115. The number of benzene rings is 2. The quantitative estimate of drug-likeness (QED) is 0.712. The van der Waals surface area contributed by atoms with Gasteiger partial charge in [0.2, 0.25) is 0 Å². The first-order valence-corrected chi connectivity index (χ1v) is 7.93. The third kappa shape index (κ3) is 3.56. The molecule has 0 unspecified atom stereocenters. The van der Waals surface area contributed by atoms with E-state index < -0.39 is 11.8 Å². The highest BCUT2D eigenvalue weighted by Crippen LogP contribution is 2.21. The smallest absolute Gasteiger partial charge is 0.269 e. The van der Waals surface area contributed by atoms with E-state index >= 15 is 0 Å². The summed E-state index contributed by atoms with van der Waals surface area (Å²) in [7, 11) is 1.48. The van der Waals surface area contributed by atoms with Gasteiger partial charge in [-0.25, -0.2) is 4.98 Å². The molecule has 0 radical (unpaired) electrons. The lowest BCUT2D eigenvalue weighted by Crippen LogP contribution is -2.21. The minimum Gasteiger partial charge on any atom is -0.496 e. The van der Waals surface area contributed by atoms with E-state index in [1.54, 1.807) is 28.8 Å². The maximum absolute atomic E-state index is 12.5. The third-order valence-electron chi connectivity index (χ3n) is 3.85. The molecule has 7 nitrogen and oxygen atoms in total. The largest absolute Gasteiger partial charge is 0.496 e. The van der Waals surface area contributed by atoms with Gasteiger partial charge in [0.05, 0.1) is 19.0 Å². The van der Waals surface area contributed by atoms with E-state index in [4.69, 9.17) is 10.5 Å². The van der Waals surface area contributed by atoms with Crippen molar-refractivity contribution in [2.24, 2.45) is 5.73 Å². The van der Waals surface area contributed by atoms with Crippen LogP contribution in [-0.2, 0) is 6.54 Å². The Morgan fingerprint density at radius 3 is 2.50 bits per heavy atom. The Morgan fingerprint density at radius 1 is 1.12 bits per heavy atom. The number of methoxy groups -OCH3 is 1. The second-order valence-corrected chi connectivity index (χ2v) is 5.57. The van der Waals surface area contributed by atoms with Crippen molar-refractivity contribution >= 4 is 17.6 Å². The van der Waals surface area contributed by atoms with Gasteiger partial charge in [-0.3, -0.25) is 9.59 Å². The predicted octanol–water partition coefficient (Wildman–Crippen LogP) is 2.29. The van der Waals surface area contributed by atoms with Crippen LogP contribution in [0, 0.1) is 0 Å². The number of nitrogens with zero attached hydrogens (tertiary/aromatic N) is 2. The lowest BCUT2D eigenvalue weighted by atomic mass is 10.2. The second kappa shape index (κ2) is 7.52. The molecule has 0 aliphatic heterocycles. The predicted molar refractivity (Wildman–Crippen MR) is 97.2 cm³/mol. The molecule has 3 aromatic rings. The summed E-state index contributed by atoms with van der Waals surface area (Å²) >= 11 is 0. The Labute approximate surface area is 150 Å². The van der Waals surface area contributed by atoms with Crippen molar-refractivity contribution < 1.29 is 14.3 Å². The second-order valence-electron chi connectivity index (χ2n) is 5.57. The first-order chi connectivity index (χ1) is 12.6. The fourth-order valence-electron chi connectivity index (χ4n) is 2.64. The average molecular weight is 350 g/mol. The molecule has 2 aromatic carbocycles. The number of hydrogen-bond donors (Lipinski definition) is 2. The third-order valence-corrected chi connectivity index (χ3v) is 3.85. The monoisotopic (exact) mass is 350 g/mol. The van der Waals surface area contributed by atoms with Crippen LogP contribution in [-0.4, -0.2) is 28.5 Å². The molecule has 0 saturated heterocycles. The van der Waals surface area contributed by atoms with Crippen LogP contribution in [0.3, 0.4) is 0 Å². The zero-order valence-corrected chi connectivity index (χ0v) is 14.2. The molecule has 0 fully saturated rings. The van der Waals surface area contributed by atoms with Crippen molar-refractivity contribution in [3.05, 3.63) is 77.7 Å². The van der Waals surface area contributed by atoms with Crippen molar-refractivity contribution in [1.29, 1.82) is 0 Å². The molecule has 0 saturated carbocycles. The zero-order chi connectivity index (χ0) is 18.5. The summed E-state index contributed by atoms with van der Waals surface area (Å²) in [6.45, 7) is 0.413. The molecule has 1 aromatic heterocycles. The van der Waals surface area contributed by atoms with Crippen molar-refractivity contribution in [2.75, 3.05) is 12.4 Å². The van der Waals surface area contributed by atoms with E-state index in [9.17, 15) is 9.59 Å². The van der Waals surface area contributed by atoms with Gasteiger partial charge in [-0.2, -0.15) is 0 Å². The number of carbonyl (C=O) groups excluding carboxylic acids is 2. The average Bonchev–Trinajstić information content (AvgIpc) is 3.04. The van der Waals surface area contributed by atoms with Gasteiger partial charge in [-0.15, -0.1) is 0 Å². The maximum Gasteiger partial charge on any atom is 0.269 e. The van der Waals surface area contributed by atoms with Crippen molar-refractivity contribution in [2.45, 2.75) is 6.54 Å². The highest BCUT2D eigenvalue weighted by molar-refractivity contribution is 6.08. The van der Waals surface area contributed by atoms with Gasteiger partial charge in [0, 0.05) is 6.54 Å². The van der Waals surface area contributed by atoms with Crippen LogP contribution >= 0.6 is 0 Å². The first kappa shape index (κ1) is 17.2. The first-order valence-electron chi connectivity index (χ1n) is 7.93. The highest BCUT2D eigenvalue weighted by Gasteiger charge is 2.20. The number of para-hydroxylation sites is 1. The van der Waals surface area contributed by atoms with Crippen molar-refractivity contribution in [3.8, 4) is 5.75 Å². The van der Waals surface area contributed by atoms with Crippen LogP contribution in [0.2, 0.25) is 0 Å². The molecule has 0 aliphatic carbocycles. The molecule has 26 heavy (non-hydrogen) atoms. The molecule has 2 amide bonds. The molecule has 0 aliphatic rings. The number of anilines is 1. The molecular weight excluding hydrogens is 332 g/mol. The number of primary amides is 1. The topological polar surface area (TPSA) is 99.2 Å². The van der Waals surface area contributed by atoms with E-state index in [0.717, 1.165) is 5.56 Å². The summed E-state index contributed by atoms with van der Waals surface area (Å²) < 4.78 is 6.79. The summed E-state index contributed by atoms with van der Waals surface area (Å²) in [5.74, 6) is -0.567. The summed E-state index contributed by atoms with van der Waals surface area (Å²) in [5.41, 5.74) is 6.96. The summed E-state index contributed by atoms with van der Waals surface area (Å²) in [5, 5.41) is 2.64. The Balaban J connectivity index is 1.88. The van der Waals surface area contributed by atoms with Gasteiger partial charge in [0.25, 0.3) is 11.8 Å². The molecule has 7 heteroatoms. The SMILES string of the molecule is COc1ccccc1C(=O)Nc1ncn(Cc2ccccc2)c1C(N)=O. The lowest BCUT2D eigenvalue weighted by Gasteiger charge is -2.10. The molecule has 3 rings (SSSR count). The molecular formula is C19H18N4O3. The van der Waals surface area contributed by atoms with Crippen LogP contribution in [0.15, 0.2) is 60.9 Å². The maximum atomic E-state index is 12.5. The van der Waals surface area contributed by atoms with E-state index in [2.05, 4.69) is 10.3 Å². The molecule has 0 atom stereocenters. The Bertz CT molecular complexity index is 935. The number of nitrogens with two attached hydrogens (primary N) is 1. The lowest BCUT2D eigenvalue weighted by molar-refractivity contribution is 0.0993. The number of imidazole rings is 1. The molecule has 132 valence electrons. The molecule has 3 N–H and O–H groups in total. The molecule has 1 heterocycles. The van der Waals surface area contributed by atoms with E-state index in [0.29, 0.717) is 17.9 Å². The fourth-order valence-corrected chi connectivity index (χ4v) is 2.64. The van der Waals surface area contributed by atoms with Gasteiger partial charge in [-0.05, 0) is 17.7 Å². The highest BCUT2D eigenvalue weighted by atomic mass is 16.5. The van der Waals surface area contributed by atoms with Crippen molar-refractivity contribution in [3.63, 3.8) is 0 Å². The summed E-state index contributed by atoms with van der Waals surface area (Å²) in [6.07, 6.45) is 1.48. The number of hydrogen-bond acceptors (Lipinski definition) is 4. The van der Waals surface area contributed by atoms with Gasteiger partial charge in [0.15, 0.2) is 11.5 Å². The Kier molecular flexibility index (Phi) is 4.98. The van der Waals surface area contributed by atoms with Crippen molar-refractivity contribution in [1.82, 2.24) is 9.55 Å². The Hall–Kier alpha value is -3.61. The standard InChI is InChI=1S/C19H18N4O3/c1-26-15-10-6-5-9-14(15)19(25)22-18-16(17(20)24)23(12-21-18)11-13-7-3-2-4-8-13/h2-10,12H,11H2,1H3,(H2,20,24)(H,22,25). The van der Waals surface area contributed by atoms with E-state index in [1.165, 1.54) is 13.4 Å². The van der Waals surface area contributed by atoms with E-state index in [-0.39, 0.29) is 11.5 Å².